The Morgan fingerprint density at radius 1 is 1.17 bits per heavy atom. The number of rotatable bonds is 5. The second-order valence-electron chi connectivity index (χ2n) is 4.89. The average Bonchev–Trinajstić information content (AvgIpc) is 2.82. The second kappa shape index (κ2) is 7.28. The number of thiophene rings is 1. The zero-order valence-corrected chi connectivity index (χ0v) is 14.4. The van der Waals surface area contributed by atoms with E-state index in [4.69, 9.17) is 9.47 Å². The highest BCUT2D eigenvalue weighted by Gasteiger charge is 2.21. The molecule has 6 heteroatoms. The summed E-state index contributed by atoms with van der Waals surface area (Å²) in [5.74, 6) is -0.0181. The Balaban J connectivity index is 2.23. The third kappa shape index (κ3) is 3.71. The van der Waals surface area contributed by atoms with Gasteiger partial charge in [0.1, 0.15) is 10.8 Å². The van der Waals surface area contributed by atoms with Gasteiger partial charge in [0.15, 0.2) is 0 Å². The maximum atomic E-state index is 12.4. The highest BCUT2D eigenvalue weighted by molar-refractivity contribution is 7.16. The predicted octanol–water partition coefficient (Wildman–Crippen LogP) is 3.80. The molecule has 0 aliphatic rings. The SMILES string of the molecule is CCOc1ccc(C(=O)Nc2sc(C)c(C)c2C(=O)OC)cc1. The van der Waals surface area contributed by atoms with Gasteiger partial charge >= 0.3 is 5.97 Å². The van der Waals surface area contributed by atoms with Crippen LogP contribution in [0.15, 0.2) is 24.3 Å². The molecule has 1 heterocycles. The average molecular weight is 333 g/mol. The highest BCUT2D eigenvalue weighted by Crippen LogP contribution is 2.33. The molecule has 2 aromatic rings. The standard InChI is InChI=1S/C17H19NO4S/c1-5-22-13-8-6-12(7-9-13)15(19)18-16-14(17(20)21-4)10(2)11(3)23-16/h6-9H,5H2,1-4H3,(H,18,19). The summed E-state index contributed by atoms with van der Waals surface area (Å²) >= 11 is 1.36. The maximum Gasteiger partial charge on any atom is 0.341 e. The number of anilines is 1. The molecule has 0 aliphatic carbocycles. The van der Waals surface area contributed by atoms with Crippen molar-refractivity contribution in [2.75, 3.05) is 19.0 Å². The molecule has 0 atom stereocenters. The number of nitrogens with one attached hydrogen (secondary N) is 1. The van der Waals surface area contributed by atoms with Crippen LogP contribution in [-0.2, 0) is 4.74 Å². The van der Waals surface area contributed by atoms with Crippen molar-refractivity contribution in [3.05, 3.63) is 45.8 Å². The van der Waals surface area contributed by atoms with E-state index >= 15 is 0 Å². The van der Waals surface area contributed by atoms with E-state index in [1.807, 2.05) is 20.8 Å². The minimum atomic E-state index is -0.450. The van der Waals surface area contributed by atoms with Gasteiger partial charge in [0.2, 0.25) is 0 Å². The van der Waals surface area contributed by atoms with E-state index in [9.17, 15) is 9.59 Å². The summed E-state index contributed by atoms with van der Waals surface area (Å²) in [6.45, 7) is 6.21. The molecule has 0 spiro atoms. The lowest BCUT2D eigenvalue weighted by atomic mass is 10.1. The van der Waals surface area contributed by atoms with Crippen LogP contribution < -0.4 is 10.1 Å². The molecular formula is C17H19NO4S. The fraction of sp³-hybridized carbons (Fsp3) is 0.294. The highest BCUT2D eigenvalue weighted by atomic mass is 32.1. The molecule has 0 saturated carbocycles. The van der Waals surface area contributed by atoms with Crippen molar-refractivity contribution in [2.45, 2.75) is 20.8 Å². The molecule has 0 fully saturated rings. The topological polar surface area (TPSA) is 64.6 Å². The molecule has 23 heavy (non-hydrogen) atoms. The summed E-state index contributed by atoms with van der Waals surface area (Å²) in [5.41, 5.74) is 1.73. The van der Waals surface area contributed by atoms with E-state index in [0.29, 0.717) is 28.5 Å². The zero-order valence-electron chi connectivity index (χ0n) is 13.6. The summed E-state index contributed by atoms with van der Waals surface area (Å²) < 4.78 is 10.2. The molecule has 2 rings (SSSR count). The van der Waals surface area contributed by atoms with E-state index in [1.54, 1.807) is 24.3 Å². The van der Waals surface area contributed by atoms with Crippen molar-refractivity contribution in [3.8, 4) is 5.75 Å². The van der Waals surface area contributed by atoms with E-state index in [0.717, 1.165) is 10.4 Å². The molecule has 1 aromatic heterocycles. The lowest BCUT2D eigenvalue weighted by Crippen LogP contribution is -2.14. The second-order valence-corrected chi connectivity index (χ2v) is 6.12. The lowest BCUT2D eigenvalue weighted by Gasteiger charge is -2.07. The van der Waals surface area contributed by atoms with Gasteiger partial charge in [-0.2, -0.15) is 0 Å². The van der Waals surface area contributed by atoms with Gasteiger partial charge in [-0.1, -0.05) is 0 Å². The molecule has 0 unspecified atom stereocenters. The third-order valence-corrected chi connectivity index (χ3v) is 4.55. The van der Waals surface area contributed by atoms with Crippen LogP contribution in [0.25, 0.3) is 0 Å². The summed E-state index contributed by atoms with van der Waals surface area (Å²) in [4.78, 5) is 25.3. The third-order valence-electron chi connectivity index (χ3n) is 3.43. The number of amides is 1. The van der Waals surface area contributed by atoms with Crippen LogP contribution in [-0.4, -0.2) is 25.6 Å². The van der Waals surface area contributed by atoms with E-state index in [1.165, 1.54) is 18.4 Å². The maximum absolute atomic E-state index is 12.4. The summed E-state index contributed by atoms with van der Waals surface area (Å²) in [6.07, 6.45) is 0. The normalized spacial score (nSPS) is 10.3. The summed E-state index contributed by atoms with van der Waals surface area (Å²) in [6, 6.07) is 6.85. The Kier molecular flexibility index (Phi) is 5.39. The number of methoxy groups -OCH3 is 1. The van der Waals surface area contributed by atoms with Gasteiger partial charge in [0.05, 0.1) is 19.3 Å². The van der Waals surface area contributed by atoms with Crippen LogP contribution in [0.2, 0.25) is 0 Å². The molecule has 122 valence electrons. The first-order chi connectivity index (χ1) is 11.0. The van der Waals surface area contributed by atoms with Crippen molar-refractivity contribution >= 4 is 28.2 Å². The Labute approximate surface area is 139 Å². The number of hydrogen-bond donors (Lipinski definition) is 1. The largest absolute Gasteiger partial charge is 0.494 e. The number of aryl methyl sites for hydroxylation is 1. The first kappa shape index (κ1) is 17.0. The Hall–Kier alpha value is -2.34. The van der Waals surface area contributed by atoms with E-state index < -0.39 is 5.97 Å². The molecule has 0 aliphatic heterocycles. The molecule has 0 radical (unpaired) electrons. The minimum absolute atomic E-state index is 0.278. The Bertz CT molecular complexity index is 719. The van der Waals surface area contributed by atoms with Gasteiger partial charge < -0.3 is 14.8 Å². The first-order valence-corrected chi connectivity index (χ1v) is 8.02. The van der Waals surface area contributed by atoms with Crippen molar-refractivity contribution in [1.82, 2.24) is 0 Å². The van der Waals surface area contributed by atoms with Crippen LogP contribution in [0.3, 0.4) is 0 Å². The quantitative estimate of drug-likeness (QED) is 0.845. The molecule has 0 bridgehead atoms. The molecule has 1 N–H and O–H groups in total. The molecule has 0 saturated heterocycles. The van der Waals surface area contributed by atoms with Crippen LogP contribution >= 0.6 is 11.3 Å². The van der Waals surface area contributed by atoms with Crippen LogP contribution in [0, 0.1) is 13.8 Å². The van der Waals surface area contributed by atoms with Crippen molar-refractivity contribution in [2.24, 2.45) is 0 Å². The number of ether oxygens (including phenoxy) is 2. The van der Waals surface area contributed by atoms with Crippen molar-refractivity contribution in [3.63, 3.8) is 0 Å². The van der Waals surface area contributed by atoms with Crippen LogP contribution in [0.1, 0.15) is 38.1 Å². The smallest absolute Gasteiger partial charge is 0.341 e. The molecule has 1 aromatic carbocycles. The van der Waals surface area contributed by atoms with E-state index in [2.05, 4.69) is 5.32 Å². The number of carbonyl (C=O) groups is 2. The molecule has 5 nitrogen and oxygen atoms in total. The summed E-state index contributed by atoms with van der Waals surface area (Å²) in [7, 11) is 1.33. The Morgan fingerprint density at radius 2 is 1.83 bits per heavy atom. The van der Waals surface area contributed by atoms with Gasteiger partial charge in [-0.3, -0.25) is 4.79 Å². The minimum Gasteiger partial charge on any atom is -0.494 e. The molecular weight excluding hydrogens is 314 g/mol. The Morgan fingerprint density at radius 3 is 2.39 bits per heavy atom. The van der Waals surface area contributed by atoms with Crippen molar-refractivity contribution < 1.29 is 19.1 Å². The fourth-order valence-corrected chi connectivity index (χ4v) is 3.15. The lowest BCUT2D eigenvalue weighted by molar-refractivity contribution is 0.0601. The summed E-state index contributed by atoms with van der Waals surface area (Å²) in [5, 5.41) is 3.30. The van der Waals surface area contributed by atoms with Crippen molar-refractivity contribution in [1.29, 1.82) is 0 Å². The fourth-order valence-electron chi connectivity index (χ4n) is 2.11. The number of esters is 1. The zero-order chi connectivity index (χ0) is 17.0. The molecule has 1 amide bonds. The van der Waals surface area contributed by atoms with Gasteiger partial charge in [-0.25, -0.2) is 4.79 Å². The van der Waals surface area contributed by atoms with Crippen LogP contribution in [0.5, 0.6) is 5.75 Å². The first-order valence-electron chi connectivity index (χ1n) is 7.20. The number of benzene rings is 1. The number of carbonyl (C=O) groups excluding carboxylic acids is 2. The van der Waals surface area contributed by atoms with Gasteiger partial charge in [-0.15, -0.1) is 11.3 Å². The van der Waals surface area contributed by atoms with Gasteiger partial charge in [-0.05, 0) is 50.6 Å². The van der Waals surface area contributed by atoms with Gasteiger partial charge in [0.25, 0.3) is 5.91 Å². The predicted molar refractivity (Wildman–Crippen MR) is 90.7 cm³/mol. The van der Waals surface area contributed by atoms with Gasteiger partial charge in [0, 0.05) is 10.4 Å². The monoisotopic (exact) mass is 333 g/mol. The number of hydrogen-bond acceptors (Lipinski definition) is 5. The van der Waals surface area contributed by atoms with Crippen LogP contribution in [0.4, 0.5) is 5.00 Å². The van der Waals surface area contributed by atoms with E-state index in [-0.39, 0.29) is 5.91 Å².